The minimum absolute atomic E-state index is 0.0791. The Morgan fingerprint density at radius 3 is 2.72 bits per heavy atom. The van der Waals surface area contributed by atoms with Crippen molar-refractivity contribution in [3.05, 3.63) is 34.1 Å². The Balaban J connectivity index is 2.73. The van der Waals surface area contributed by atoms with E-state index in [4.69, 9.17) is 4.74 Å². The first kappa shape index (κ1) is 15.6. The third-order valence-electron chi connectivity index (χ3n) is 2.61. The monoisotopic (exact) mass is 317 g/mol. The van der Waals surface area contributed by atoms with Crippen molar-refractivity contribution in [1.82, 2.24) is 5.32 Å². The van der Waals surface area contributed by atoms with Crippen molar-refractivity contribution in [2.45, 2.75) is 32.7 Å². The van der Waals surface area contributed by atoms with E-state index in [-0.39, 0.29) is 11.9 Å². The summed E-state index contributed by atoms with van der Waals surface area (Å²) in [5, 5.41) is 3.32. The maximum atomic E-state index is 13.9. The van der Waals surface area contributed by atoms with Gasteiger partial charge in [-0.2, -0.15) is 0 Å². The number of ether oxygens (including phenoxy) is 1. The summed E-state index contributed by atoms with van der Waals surface area (Å²) in [7, 11) is 0. The standard InChI is InChI=1S/C14H21BrFNO/c1-3-7-17-14(10-18-8-4-2)12-6-5-11(15)9-13(12)16/h5-6,9,14,17H,3-4,7-8,10H2,1-2H3. The zero-order chi connectivity index (χ0) is 13.4. The molecular formula is C14H21BrFNO. The van der Waals surface area contributed by atoms with Gasteiger partial charge in [-0.25, -0.2) is 4.39 Å². The predicted molar refractivity (Wildman–Crippen MR) is 76.2 cm³/mol. The maximum Gasteiger partial charge on any atom is 0.129 e. The van der Waals surface area contributed by atoms with Gasteiger partial charge in [-0.15, -0.1) is 0 Å². The summed E-state index contributed by atoms with van der Waals surface area (Å²) in [6.07, 6.45) is 1.99. The molecule has 0 saturated heterocycles. The van der Waals surface area contributed by atoms with E-state index < -0.39 is 0 Å². The zero-order valence-corrected chi connectivity index (χ0v) is 12.6. The van der Waals surface area contributed by atoms with Crippen molar-refractivity contribution in [1.29, 1.82) is 0 Å². The topological polar surface area (TPSA) is 21.3 Å². The van der Waals surface area contributed by atoms with Gasteiger partial charge >= 0.3 is 0 Å². The normalized spacial score (nSPS) is 12.7. The smallest absolute Gasteiger partial charge is 0.129 e. The van der Waals surface area contributed by atoms with E-state index in [1.807, 2.05) is 12.1 Å². The average molecular weight is 318 g/mol. The molecule has 1 unspecified atom stereocenters. The lowest BCUT2D eigenvalue weighted by Crippen LogP contribution is -2.27. The summed E-state index contributed by atoms with van der Waals surface area (Å²) in [6, 6.07) is 5.08. The summed E-state index contributed by atoms with van der Waals surface area (Å²) in [5.74, 6) is -0.196. The highest BCUT2D eigenvalue weighted by Gasteiger charge is 2.15. The Labute approximate surface area is 117 Å². The molecule has 2 nitrogen and oxygen atoms in total. The van der Waals surface area contributed by atoms with E-state index in [9.17, 15) is 4.39 Å². The van der Waals surface area contributed by atoms with Gasteiger partial charge in [-0.05, 0) is 31.5 Å². The predicted octanol–water partition coefficient (Wildman–Crippen LogP) is 4.06. The van der Waals surface area contributed by atoms with Gasteiger partial charge in [0.05, 0.1) is 12.6 Å². The number of nitrogens with one attached hydrogen (secondary N) is 1. The molecule has 18 heavy (non-hydrogen) atoms. The Bertz CT molecular complexity index is 360. The molecule has 4 heteroatoms. The van der Waals surface area contributed by atoms with Gasteiger partial charge in [0, 0.05) is 16.6 Å². The molecule has 0 aromatic heterocycles. The van der Waals surface area contributed by atoms with E-state index in [2.05, 4.69) is 35.1 Å². The Morgan fingerprint density at radius 2 is 2.11 bits per heavy atom. The largest absolute Gasteiger partial charge is 0.379 e. The van der Waals surface area contributed by atoms with Crippen molar-refractivity contribution in [2.24, 2.45) is 0 Å². The van der Waals surface area contributed by atoms with E-state index in [0.29, 0.717) is 18.8 Å². The van der Waals surface area contributed by atoms with Crippen LogP contribution in [0, 0.1) is 5.82 Å². The highest BCUT2D eigenvalue weighted by Crippen LogP contribution is 2.21. The van der Waals surface area contributed by atoms with Crippen molar-refractivity contribution in [2.75, 3.05) is 19.8 Å². The van der Waals surface area contributed by atoms with Crippen LogP contribution in [0.5, 0.6) is 0 Å². The molecule has 1 aromatic carbocycles. The van der Waals surface area contributed by atoms with Crippen LogP contribution >= 0.6 is 15.9 Å². The summed E-state index contributed by atoms with van der Waals surface area (Å²) in [6.45, 7) is 6.23. The molecule has 0 saturated carbocycles. The van der Waals surface area contributed by atoms with Gasteiger partial charge in [0.1, 0.15) is 5.82 Å². The second kappa shape index (κ2) is 8.62. The zero-order valence-electron chi connectivity index (χ0n) is 11.0. The Kier molecular flexibility index (Phi) is 7.47. The minimum atomic E-state index is -0.196. The van der Waals surface area contributed by atoms with Crippen LogP contribution in [-0.2, 0) is 4.74 Å². The maximum absolute atomic E-state index is 13.9. The molecule has 0 heterocycles. The van der Waals surface area contributed by atoms with Crippen LogP contribution in [0.25, 0.3) is 0 Å². The molecular weight excluding hydrogens is 297 g/mol. The highest BCUT2D eigenvalue weighted by atomic mass is 79.9. The summed E-state index contributed by atoms with van der Waals surface area (Å²) in [4.78, 5) is 0. The van der Waals surface area contributed by atoms with Gasteiger partial charge < -0.3 is 10.1 Å². The van der Waals surface area contributed by atoms with Crippen LogP contribution in [-0.4, -0.2) is 19.8 Å². The lowest BCUT2D eigenvalue weighted by atomic mass is 10.1. The molecule has 1 N–H and O–H groups in total. The first-order valence-corrected chi connectivity index (χ1v) is 7.24. The lowest BCUT2D eigenvalue weighted by Gasteiger charge is -2.19. The van der Waals surface area contributed by atoms with Crippen molar-refractivity contribution < 1.29 is 9.13 Å². The van der Waals surface area contributed by atoms with Gasteiger partial charge in [0.15, 0.2) is 0 Å². The summed E-state index contributed by atoms with van der Waals surface area (Å²) >= 11 is 3.27. The summed E-state index contributed by atoms with van der Waals surface area (Å²) < 4.78 is 20.2. The first-order chi connectivity index (χ1) is 8.69. The third kappa shape index (κ3) is 5.04. The first-order valence-electron chi connectivity index (χ1n) is 6.45. The number of hydrogen-bond donors (Lipinski definition) is 1. The molecule has 0 aliphatic rings. The van der Waals surface area contributed by atoms with Crippen molar-refractivity contribution >= 4 is 15.9 Å². The van der Waals surface area contributed by atoms with Crippen molar-refractivity contribution in [3.63, 3.8) is 0 Å². The Hall–Kier alpha value is -0.450. The molecule has 102 valence electrons. The molecule has 0 spiro atoms. The fraction of sp³-hybridized carbons (Fsp3) is 0.571. The molecule has 1 rings (SSSR count). The second-order valence-corrected chi connectivity index (χ2v) is 5.16. The minimum Gasteiger partial charge on any atom is -0.379 e. The quantitative estimate of drug-likeness (QED) is 0.730. The van der Waals surface area contributed by atoms with Gasteiger partial charge in [-0.3, -0.25) is 0 Å². The van der Waals surface area contributed by atoms with Crippen LogP contribution in [0.3, 0.4) is 0 Å². The fourth-order valence-electron chi connectivity index (χ4n) is 1.71. The lowest BCUT2D eigenvalue weighted by molar-refractivity contribution is 0.111. The van der Waals surface area contributed by atoms with E-state index in [0.717, 1.165) is 23.9 Å². The average Bonchev–Trinajstić information content (AvgIpc) is 2.34. The molecule has 0 aliphatic heterocycles. The second-order valence-electron chi connectivity index (χ2n) is 4.25. The fourth-order valence-corrected chi connectivity index (χ4v) is 2.04. The van der Waals surface area contributed by atoms with Crippen LogP contribution < -0.4 is 5.32 Å². The molecule has 1 atom stereocenters. The number of halogens is 2. The number of hydrogen-bond acceptors (Lipinski definition) is 2. The highest BCUT2D eigenvalue weighted by molar-refractivity contribution is 9.10. The van der Waals surface area contributed by atoms with Crippen LogP contribution in [0.15, 0.2) is 22.7 Å². The van der Waals surface area contributed by atoms with Crippen LogP contribution in [0.1, 0.15) is 38.3 Å². The Morgan fingerprint density at radius 1 is 1.33 bits per heavy atom. The van der Waals surface area contributed by atoms with Crippen LogP contribution in [0.2, 0.25) is 0 Å². The van der Waals surface area contributed by atoms with Crippen LogP contribution in [0.4, 0.5) is 4.39 Å². The van der Waals surface area contributed by atoms with E-state index in [1.165, 1.54) is 6.07 Å². The van der Waals surface area contributed by atoms with Crippen molar-refractivity contribution in [3.8, 4) is 0 Å². The third-order valence-corrected chi connectivity index (χ3v) is 3.10. The SMILES string of the molecule is CCCNC(COCCC)c1ccc(Br)cc1F. The van der Waals surface area contributed by atoms with E-state index >= 15 is 0 Å². The molecule has 1 aromatic rings. The summed E-state index contributed by atoms with van der Waals surface area (Å²) in [5.41, 5.74) is 0.669. The number of rotatable bonds is 8. The van der Waals surface area contributed by atoms with E-state index in [1.54, 1.807) is 0 Å². The van der Waals surface area contributed by atoms with Gasteiger partial charge in [0.2, 0.25) is 0 Å². The molecule has 0 radical (unpaired) electrons. The van der Waals surface area contributed by atoms with Gasteiger partial charge in [0.25, 0.3) is 0 Å². The number of benzene rings is 1. The molecule has 0 aliphatic carbocycles. The van der Waals surface area contributed by atoms with Gasteiger partial charge in [-0.1, -0.05) is 35.8 Å². The molecule has 0 amide bonds. The molecule has 0 bridgehead atoms. The molecule has 0 fully saturated rings.